The van der Waals surface area contributed by atoms with E-state index in [1.165, 1.54) is 0 Å². The van der Waals surface area contributed by atoms with Gasteiger partial charge in [-0.25, -0.2) is 0 Å². The quantitative estimate of drug-likeness (QED) is 0.740. The van der Waals surface area contributed by atoms with Gasteiger partial charge in [0.2, 0.25) is 0 Å². The highest BCUT2D eigenvalue weighted by Gasteiger charge is 2.14. The van der Waals surface area contributed by atoms with Crippen LogP contribution in [0.1, 0.15) is 5.56 Å². The number of phenolic OH excluding ortho intramolecular Hbond substituents is 2. The Bertz CT molecular complexity index is 313. The monoisotopic (exact) mass is 420 g/mol. The van der Waals surface area contributed by atoms with Crippen molar-refractivity contribution in [2.75, 3.05) is 13.7 Å². The van der Waals surface area contributed by atoms with Gasteiger partial charge in [0, 0.05) is 19.1 Å². The fourth-order valence-electron chi connectivity index (χ4n) is 1.09. The van der Waals surface area contributed by atoms with Gasteiger partial charge in [0.05, 0.1) is 13.7 Å². The Morgan fingerprint density at radius 3 is 2.14 bits per heavy atom. The molecule has 0 atom stereocenters. The van der Waals surface area contributed by atoms with E-state index in [0.717, 1.165) is 7.14 Å². The van der Waals surface area contributed by atoms with Crippen molar-refractivity contribution in [3.05, 3.63) is 18.8 Å². The van der Waals surface area contributed by atoms with Crippen LogP contribution >= 0.6 is 45.2 Å². The molecule has 0 aliphatic rings. The molecule has 0 amide bonds. The van der Waals surface area contributed by atoms with Gasteiger partial charge in [0.15, 0.2) is 0 Å². The van der Waals surface area contributed by atoms with Gasteiger partial charge in [-0.15, -0.1) is 0 Å². The van der Waals surface area contributed by atoms with Gasteiger partial charge in [-0.2, -0.15) is 0 Å². The van der Waals surface area contributed by atoms with Crippen molar-refractivity contribution in [2.24, 2.45) is 0 Å². The molecule has 0 aromatic heterocycles. The van der Waals surface area contributed by atoms with E-state index in [4.69, 9.17) is 4.74 Å². The molecule has 0 saturated carbocycles. The molecule has 0 fully saturated rings. The van der Waals surface area contributed by atoms with Crippen molar-refractivity contribution in [1.29, 1.82) is 0 Å². The van der Waals surface area contributed by atoms with Crippen LogP contribution in [-0.4, -0.2) is 23.9 Å². The Morgan fingerprint density at radius 2 is 1.71 bits per heavy atom. The van der Waals surface area contributed by atoms with Crippen LogP contribution in [0, 0.1) is 7.14 Å². The van der Waals surface area contributed by atoms with Crippen LogP contribution in [-0.2, 0) is 11.2 Å². The summed E-state index contributed by atoms with van der Waals surface area (Å²) in [5.74, 6) is 0.307. The highest BCUT2D eigenvalue weighted by atomic mass is 127. The molecule has 3 nitrogen and oxygen atoms in total. The van der Waals surface area contributed by atoms with Gasteiger partial charge in [-0.05, 0) is 51.2 Å². The summed E-state index contributed by atoms with van der Waals surface area (Å²) in [6, 6.07) is 1.74. The van der Waals surface area contributed by atoms with Crippen LogP contribution in [0.4, 0.5) is 0 Å². The Balaban J connectivity index is 3.11. The molecule has 0 bridgehead atoms. The van der Waals surface area contributed by atoms with Crippen molar-refractivity contribution >= 4 is 45.2 Å². The predicted molar refractivity (Wildman–Crippen MR) is 70.8 cm³/mol. The minimum Gasteiger partial charge on any atom is -0.506 e. The van der Waals surface area contributed by atoms with Crippen LogP contribution in [0.2, 0.25) is 0 Å². The Morgan fingerprint density at radius 1 is 1.21 bits per heavy atom. The van der Waals surface area contributed by atoms with Gasteiger partial charge in [-0.1, -0.05) is 0 Å². The molecule has 78 valence electrons. The molecular formula is C9H10I2O3. The van der Waals surface area contributed by atoms with E-state index in [0.29, 0.717) is 18.6 Å². The summed E-state index contributed by atoms with van der Waals surface area (Å²) >= 11 is 4.07. The first-order valence-electron chi connectivity index (χ1n) is 3.95. The van der Waals surface area contributed by atoms with Gasteiger partial charge in [-0.3, -0.25) is 0 Å². The zero-order chi connectivity index (χ0) is 10.7. The Hall–Kier alpha value is 0.240. The molecule has 1 rings (SSSR count). The molecule has 0 spiro atoms. The fourth-order valence-corrected chi connectivity index (χ4v) is 2.96. The maximum Gasteiger partial charge on any atom is 0.135 e. The van der Waals surface area contributed by atoms with Crippen LogP contribution < -0.4 is 0 Å². The summed E-state index contributed by atoms with van der Waals surface area (Å²) in [6.07, 6.45) is 0.515. The van der Waals surface area contributed by atoms with E-state index in [1.54, 1.807) is 13.2 Å². The molecule has 0 radical (unpaired) electrons. The normalized spacial score (nSPS) is 10.5. The first kappa shape index (κ1) is 12.3. The Labute approximate surface area is 110 Å². The lowest BCUT2D eigenvalue weighted by Gasteiger charge is -2.10. The highest BCUT2D eigenvalue weighted by Crippen LogP contribution is 2.35. The lowest BCUT2D eigenvalue weighted by molar-refractivity contribution is 0.200. The molecule has 14 heavy (non-hydrogen) atoms. The van der Waals surface area contributed by atoms with Crippen LogP contribution in [0.15, 0.2) is 6.07 Å². The van der Waals surface area contributed by atoms with E-state index in [2.05, 4.69) is 0 Å². The first-order chi connectivity index (χ1) is 6.57. The van der Waals surface area contributed by atoms with E-state index in [1.807, 2.05) is 45.2 Å². The third-order valence-electron chi connectivity index (χ3n) is 1.83. The van der Waals surface area contributed by atoms with E-state index >= 15 is 0 Å². The second-order valence-electron chi connectivity index (χ2n) is 2.76. The lowest BCUT2D eigenvalue weighted by atomic mass is 10.1. The maximum atomic E-state index is 9.70. The molecule has 0 saturated heterocycles. The summed E-state index contributed by atoms with van der Waals surface area (Å²) in [7, 11) is 1.59. The van der Waals surface area contributed by atoms with Crippen molar-refractivity contribution in [2.45, 2.75) is 6.42 Å². The average molecular weight is 420 g/mol. The number of aromatic hydroxyl groups is 2. The zero-order valence-electron chi connectivity index (χ0n) is 7.55. The number of halogens is 2. The molecule has 1 aromatic rings. The second kappa shape index (κ2) is 5.36. The third-order valence-corrected chi connectivity index (χ3v) is 3.48. The molecule has 2 N–H and O–H groups in total. The Kier molecular flexibility index (Phi) is 4.71. The van der Waals surface area contributed by atoms with Crippen molar-refractivity contribution < 1.29 is 14.9 Å². The van der Waals surface area contributed by atoms with Gasteiger partial charge >= 0.3 is 0 Å². The van der Waals surface area contributed by atoms with Crippen LogP contribution in [0.25, 0.3) is 0 Å². The molecule has 1 aromatic carbocycles. The van der Waals surface area contributed by atoms with E-state index in [-0.39, 0.29) is 11.5 Å². The zero-order valence-corrected chi connectivity index (χ0v) is 11.9. The maximum absolute atomic E-state index is 9.70. The third kappa shape index (κ3) is 2.63. The molecular weight excluding hydrogens is 410 g/mol. The van der Waals surface area contributed by atoms with Crippen LogP contribution in [0.5, 0.6) is 11.5 Å². The SMILES string of the molecule is COCCc1c(O)c(I)cc(I)c1O. The first-order valence-corrected chi connectivity index (χ1v) is 6.11. The van der Waals surface area contributed by atoms with Crippen molar-refractivity contribution in [3.63, 3.8) is 0 Å². The lowest BCUT2D eigenvalue weighted by Crippen LogP contribution is -1.97. The summed E-state index contributed by atoms with van der Waals surface area (Å²) in [5, 5.41) is 19.4. The van der Waals surface area contributed by atoms with Gasteiger partial charge in [0.1, 0.15) is 11.5 Å². The summed E-state index contributed by atoms with van der Waals surface area (Å²) in [5.41, 5.74) is 0.558. The molecule has 0 aliphatic carbocycles. The van der Waals surface area contributed by atoms with E-state index < -0.39 is 0 Å². The van der Waals surface area contributed by atoms with Gasteiger partial charge in [0.25, 0.3) is 0 Å². The summed E-state index contributed by atoms with van der Waals surface area (Å²) in [6.45, 7) is 0.483. The minimum absolute atomic E-state index is 0.153. The molecule has 0 aliphatic heterocycles. The molecule has 0 heterocycles. The van der Waals surface area contributed by atoms with Crippen molar-refractivity contribution in [3.8, 4) is 11.5 Å². The van der Waals surface area contributed by atoms with Crippen molar-refractivity contribution in [1.82, 2.24) is 0 Å². The smallest absolute Gasteiger partial charge is 0.135 e. The molecule has 0 unspecified atom stereocenters. The predicted octanol–water partition coefficient (Wildman–Crippen LogP) is 2.50. The van der Waals surface area contributed by atoms with Gasteiger partial charge < -0.3 is 14.9 Å². The minimum atomic E-state index is 0.153. The molecule has 5 heteroatoms. The average Bonchev–Trinajstić information content (AvgIpc) is 2.15. The number of phenols is 2. The highest BCUT2D eigenvalue weighted by molar-refractivity contribution is 14.1. The number of benzene rings is 1. The number of rotatable bonds is 3. The number of ether oxygens (including phenoxy) is 1. The number of hydrogen-bond acceptors (Lipinski definition) is 3. The topological polar surface area (TPSA) is 49.7 Å². The fraction of sp³-hybridized carbons (Fsp3) is 0.333. The van der Waals surface area contributed by atoms with Crippen LogP contribution in [0.3, 0.4) is 0 Å². The summed E-state index contributed by atoms with van der Waals surface area (Å²) < 4.78 is 6.40. The number of methoxy groups -OCH3 is 1. The standard InChI is InChI=1S/C9H10I2O3/c1-14-3-2-5-8(12)6(10)4-7(11)9(5)13/h4,12-13H,2-3H2,1H3. The summed E-state index contributed by atoms with van der Waals surface area (Å²) in [4.78, 5) is 0. The number of hydrogen-bond donors (Lipinski definition) is 2. The van der Waals surface area contributed by atoms with E-state index in [9.17, 15) is 10.2 Å². The second-order valence-corrected chi connectivity index (χ2v) is 5.08. The largest absolute Gasteiger partial charge is 0.506 e.